The van der Waals surface area contributed by atoms with Gasteiger partial charge in [0.1, 0.15) is 0 Å². The quantitative estimate of drug-likeness (QED) is 0.867. The number of nitrogens with two attached hydrogens (primary N) is 1. The SMILES string of the molecule is CC(OCc1cccc(CN)c1)C(F)(F)F. The van der Waals surface area contributed by atoms with Crippen molar-refractivity contribution in [1.82, 2.24) is 0 Å². The summed E-state index contributed by atoms with van der Waals surface area (Å²) < 4.78 is 41.2. The Morgan fingerprint density at radius 2 is 1.94 bits per heavy atom. The van der Waals surface area contributed by atoms with E-state index in [1.54, 1.807) is 18.2 Å². The second-order valence-electron chi connectivity index (χ2n) is 3.52. The Morgan fingerprint density at radius 3 is 2.50 bits per heavy atom. The number of benzene rings is 1. The summed E-state index contributed by atoms with van der Waals surface area (Å²) in [5, 5.41) is 0. The molecule has 0 saturated heterocycles. The number of ether oxygens (including phenoxy) is 1. The Labute approximate surface area is 92.2 Å². The van der Waals surface area contributed by atoms with Crippen LogP contribution in [0.3, 0.4) is 0 Å². The smallest absolute Gasteiger partial charge is 0.364 e. The third-order valence-electron chi connectivity index (χ3n) is 2.19. The highest BCUT2D eigenvalue weighted by Crippen LogP contribution is 2.23. The van der Waals surface area contributed by atoms with Crippen LogP contribution in [-0.2, 0) is 17.9 Å². The van der Waals surface area contributed by atoms with Crippen LogP contribution in [0.5, 0.6) is 0 Å². The van der Waals surface area contributed by atoms with Gasteiger partial charge in [-0.2, -0.15) is 13.2 Å². The average Bonchev–Trinajstić information content (AvgIpc) is 2.25. The molecule has 0 spiro atoms. The summed E-state index contributed by atoms with van der Waals surface area (Å²) in [6, 6.07) is 7.02. The van der Waals surface area contributed by atoms with Gasteiger partial charge in [0.15, 0.2) is 6.10 Å². The van der Waals surface area contributed by atoms with Gasteiger partial charge in [-0.15, -0.1) is 0 Å². The van der Waals surface area contributed by atoms with Crippen molar-refractivity contribution in [2.75, 3.05) is 0 Å². The van der Waals surface area contributed by atoms with Crippen molar-refractivity contribution < 1.29 is 17.9 Å². The lowest BCUT2D eigenvalue weighted by molar-refractivity contribution is -0.217. The monoisotopic (exact) mass is 233 g/mol. The van der Waals surface area contributed by atoms with E-state index in [2.05, 4.69) is 0 Å². The van der Waals surface area contributed by atoms with Crippen LogP contribution in [0.25, 0.3) is 0 Å². The number of rotatable bonds is 4. The molecule has 1 aromatic carbocycles. The number of alkyl halides is 3. The van der Waals surface area contributed by atoms with Crippen LogP contribution in [0.15, 0.2) is 24.3 Å². The van der Waals surface area contributed by atoms with Gasteiger partial charge in [-0.05, 0) is 18.1 Å². The topological polar surface area (TPSA) is 35.2 Å². The molecule has 2 nitrogen and oxygen atoms in total. The van der Waals surface area contributed by atoms with Crippen LogP contribution in [0.2, 0.25) is 0 Å². The Bertz CT molecular complexity index is 338. The summed E-state index contributed by atoms with van der Waals surface area (Å²) >= 11 is 0. The van der Waals surface area contributed by atoms with Gasteiger partial charge < -0.3 is 10.5 Å². The van der Waals surface area contributed by atoms with Crippen molar-refractivity contribution in [3.05, 3.63) is 35.4 Å². The molecule has 0 aromatic heterocycles. The van der Waals surface area contributed by atoms with Crippen LogP contribution >= 0.6 is 0 Å². The van der Waals surface area contributed by atoms with Gasteiger partial charge in [-0.25, -0.2) is 0 Å². The molecule has 1 aromatic rings. The van der Waals surface area contributed by atoms with Crippen molar-refractivity contribution in [3.8, 4) is 0 Å². The first-order valence-electron chi connectivity index (χ1n) is 4.89. The Morgan fingerprint density at radius 1 is 1.31 bits per heavy atom. The van der Waals surface area contributed by atoms with Gasteiger partial charge >= 0.3 is 6.18 Å². The van der Waals surface area contributed by atoms with Crippen LogP contribution < -0.4 is 5.73 Å². The van der Waals surface area contributed by atoms with Crippen molar-refractivity contribution in [3.63, 3.8) is 0 Å². The van der Waals surface area contributed by atoms with Crippen LogP contribution in [0, 0.1) is 0 Å². The van der Waals surface area contributed by atoms with Crippen molar-refractivity contribution in [1.29, 1.82) is 0 Å². The highest BCUT2D eigenvalue weighted by Gasteiger charge is 2.36. The normalized spacial score (nSPS) is 13.8. The molecule has 1 atom stereocenters. The van der Waals surface area contributed by atoms with E-state index < -0.39 is 12.3 Å². The number of hydrogen-bond donors (Lipinski definition) is 1. The van der Waals surface area contributed by atoms with Gasteiger partial charge in [-0.1, -0.05) is 24.3 Å². The summed E-state index contributed by atoms with van der Waals surface area (Å²) in [6.07, 6.45) is -6.07. The molecule has 0 saturated carbocycles. The van der Waals surface area contributed by atoms with Gasteiger partial charge in [0, 0.05) is 6.54 Å². The molecule has 2 N–H and O–H groups in total. The first-order valence-corrected chi connectivity index (χ1v) is 4.89. The lowest BCUT2D eigenvalue weighted by Gasteiger charge is -2.16. The molecular formula is C11H14F3NO. The Kier molecular flexibility index (Phi) is 4.32. The molecule has 0 bridgehead atoms. The first-order chi connectivity index (χ1) is 7.43. The van der Waals surface area contributed by atoms with Crippen LogP contribution in [0.1, 0.15) is 18.1 Å². The molecule has 0 amide bonds. The van der Waals surface area contributed by atoms with Crippen molar-refractivity contribution in [2.24, 2.45) is 5.73 Å². The van der Waals surface area contributed by atoms with E-state index in [-0.39, 0.29) is 6.61 Å². The molecule has 1 rings (SSSR count). The first kappa shape index (κ1) is 13.0. The second-order valence-corrected chi connectivity index (χ2v) is 3.52. The van der Waals surface area contributed by atoms with Gasteiger partial charge in [0.2, 0.25) is 0 Å². The lowest BCUT2D eigenvalue weighted by Crippen LogP contribution is -2.28. The van der Waals surface area contributed by atoms with Crippen molar-refractivity contribution >= 4 is 0 Å². The van der Waals surface area contributed by atoms with Gasteiger partial charge in [0.25, 0.3) is 0 Å². The maximum absolute atomic E-state index is 12.2. The highest BCUT2D eigenvalue weighted by atomic mass is 19.4. The van der Waals surface area contributed by atoms with Crippen LogP contribution in [-0.4, -0.2) is 12.3 Å². The minimum atomic E-state index is -4.31. The standard InChI is InChI=1S/C11H14F3NO/c1-8(11(12,13)14)16-7-10-4-2-3-9(5-10)6-15/h2-5,8H,6-7,15H2,1H3. The zero-order valence-electron chi connectivity index (χ0n) is 8.92. The molecule has 0 aliphatic heterocycles. The van der Waals surface area contributed by atoms with Crippen molar-refractivity contribution in [2.45, 2.75) is 32.4 Å². The average molecular weight is 233 g/mol. The summed E-state index contributed by atoms with van der Waals surface area (Å²) in [5.41, 5.74) is 6.99. The second kappa shape index (κ2) is 5.32. The molecule has 0 aliphatic carbocycles. The van der Waals surface area contributed by atoms with E-state index in [9.17, 15) is 13.2 Å². The molecule has 5 heteroatoms. The molecule has 0 radical (unpaired) electrons. The maximum atomic E-state index is 12.2. The molecule has 0 heterocycles. The summed E-state index contributed by atoms with van der Waals surface area (Å²) in [7, 11) is 0. The largest absolute Gasteiger partial charge is 0.414 e. The van der Waals surface area contributed by atoms with Crippen LogP contribution in [0.4, 0.5) is 13.2 Å². The zero-order valence-corrected chi connectivity index (χ0v) is 8.92. The van der Waals surface area contributed by atoms with E-state index in [4.69, 9.17) is 10.5 Å². The summed E-state index contributed by atoms with van der Waals surface area (Å²) in [6.45, 7) is 1.30. The van der Waals surface area contributed by atoms with E-state index in [1.165, 1.54) is 0 Å². The number of halogens is 3. The maximum Gasteiger partial charge on any atom is 0.414 e. The lowest BCUT2D eigenvalue weighted by atomic mass is 10.1. The molecule has 0 fully saturated rings. The van der Waals surface area contributed by atoms with E-state index in [0.717, 1.165) is 12.5 Å². The van der Waals surface area contributed by atoms with E-state index >= 15 is 0 Å². The van der Waals surface area contributed by atoms with Gasteiger partial charge in [0.05, 0.1) is 6.61 Å². The fourth-order valence-corrected chi connectivity index (χ4v) is 1.16. The molecule has 0 aliphatic rings. The Balaban J connectivity index is 2.54. The molecular weight excluding hydrogens is 219 g/mol. The summed E-state index contributed by atoms with van der Waals surface area (Å²) in [5.74, 6) is 0. The third-order valence-corrected chi connectivity index (χ3v) is 2.19. The molecule has 16 heavy (non-hydrogen) atoms. The van der Waals surface area contributed by atoms with E-state index in [1.807, 2.05) is 6.07 Å². The third kappa shape index (κ3) is 3.83. The fourth-order valence-electron chi connectivity index (χ4n) is 1.16. The van der Waals surface area contributed by atoms with Gasteiger partial charge in [-0.3, -0.25) is 0 Å². The Hall–Kier alpha value is -1.07. The number of hydrogen-bond acceptors (Lipinski definition) is 2. The molecule has 90 valence electrons. The minimum absolute atomic E-state index is 0.0610. The minimum Gasteiger partial charge on any atom is -0.364 e. The molecule has 1 unspecified atom stereocenters. The van der Waals surface area contributed by atoms with E-state index in [0.29, 0.717) is 12.1 Å². The zero-order chi connectivity index (χ0) is 12.2. The predicted molar refractivity (Wildman–Crippen MR) is 54.6 cm³/mol. The highest BCUT2D eigenvalue weighted by molar-refractivity contribution is 5.22. The predicted octanol–water partition coefficient (Wildman–Crippen LogP) is 2.61. The summed E-state index contributed by atoms with van der Waals surface area (Å²) in [4.78, 5) is 0. The fraction of sp³-hybridized carbons (Fsp3) is 0.455.